The van der Waals surface area contributed by atoms with E-state index in [1.165, 1.54) is 0 Å². The van der Waals surface area contributed by atoms with Gasteiger partial charge in [0.2, 0.25) is 0 Å². The van der Waals surface area contributed by atoms with Gasteiger partial charge in [0.15, 0.2) is 0 Å². The van der Waals surface area contributed by atoms with Crippen LogP contribution in [0.1, 0.15) is 19.8 Å². The highest BCUT2D eigenvalue weighted by atomic mass is 35.5. The van der Waals surface area contributed by atoms with Crippen molar-refractivity contribution >= 4 is 40.9 Å². The molecule has 1 atom stereocenters. The summed E-state index contributed by atoms with van der Waals surface area (Å²) in [7, 11) is 1.66. The number of carboxylic acid groups (broad SMARTS) is 1. The van der Waals surface area contributed by atoms with E-state index in [-0.39, 0.29) is 0 Å². The molecule has 0 spiro atoms. The molecular weight excluding hydrogens is 305 g/mol. The molecule has 2 N–H and O–H groups in total. The largest absolute Gasteiger partial charge is 0.480 e. The van der Waals surface area contributed by atoms with Crippen molar-refractivity contribution in [3.05, 3.63) is 28.2 Å². The molecule has 0 aliphatic heterocycles. The van der Waals surface area contributed by atoms with Crippen LogP contribution in [0.4, 0.5) is 0 Å². The van der Waals surface area contributed by atoms with Crippen LogP contribution >= 0.6 is 35.0 Å². The van der Waals surface area contributed by atoms with E-state index in [1.807, 2.05) is 6.07 Å². The Hall–Kier alpha value is -0.420. The van der Waals surface area contributed by atoms with Crippen molar-refractivity contribution in [2.24, 2.45) is 0 Å². The second-order valence-corrected chi connectivity index (χ2v) is 6.39. The van der Waals surface area contributed by atoms with Crippen LogP contribution in [0.3, 0.4) is 0 Å². The third-order valence-corrected chi connectivity index (χ3v) is 4.81. The molecule has 19 heavy (non-hydrogen) atoms. The van der Waals surface area contributed by atoms with Gasteiger partial charge in [0.25, 0.3) is 0 Å². The number of hydrogen-bond donors (Lipinski definition) is 2. The third-order valence-electron chi connectivity index (χ3n) is 3.00. The van der Waals surface area contributed by atoms with E-state index in [4.69, 9.17) is 28.3 Å². The number of likely N-dealkylation sites (N-methyl/N-ethyl adjacent to an activating group) is 1. The predicted octanol–water partition coefficient (Wildman–Crippen LogP) is 3.93. The minimum atomic E-state index is -0.876. The number of hydrogen-bond acceptors (Lipinski definition) is 3. The SMILES string of the molecule is CNC(C)(CCCSc1cc(Cl)ccc1Cl)C(=O)O. The maximum absolute atomic E-state index is 11.1. The second kappa shape index (κ2) is 7.39. The van der Waals surface area contributed by atoms with Gasteiger partial charge in [0, 0.05) is 9.92 Å². The van der Waals surface area contributed by atoms with E-state index in [0.717, 1.165) is 17.1 Å². The summed E-state index contributed by atoms with van der Waals surface area (Å²) in [6.07, 6.45) is 1.33. The Bertz CT molecular complexity index is 456. The molecular formula is C13H17Cl2NO2S. The Morgan fingerprint density at radius 2 is 2.16 bits per heavy atom. The Kier molecular flexibility index (Phi) is 6.47. The van der Waals surface area contributed by atoms with Gasteiger partial charge in [-0.1, -0.05) is 23.2 Å². The molecule has 0 radical (unpaired) electrons. The first-order valence-electron chi connectivity index (χ1n) is 5.89. The summed E-state index contributed by atoms with van der Waals surface area (Å²) in [5.74, 6) is -0.0364. The van der Waals surface area contributed by atoms with Crippen LogP contribution in [-0.2, 0) is 4.79 Å². The molecule has 106 valence electrons. The zero-order chi connectivity index (χ0) is 14.5. The zero-order valence-electron chi connectivity index (χ0n) is 10.9. The van der Waals surface area contributed by atoms with Gasteiger partial charge in [-0.2, -0.15) is 0 Å². The summed E-state index contributed by atoms with van der Waals surface area (Å²) in [6.45, 7) is 1.69. The first kappa shape index (κ1) is 16.6. The van der Waals surface area contributed by atoms with Crippen molar-refractivity contribution in [2.45, 2.75) is 30.2 Å². The molecule has 3 nitrogen and oxygen atoms in total. The fourth-order valence-corrected chi connectivity index (χ4v) is 2.98. The molecule has 0 aliphatic rings. The molecule has 1 aromatic carbocycles. The van der Waals surface area contributed by atoms with Crippen LogP contribution in [0, 0.1) is 0 Å². The second-order valence-electron chi connectivity index (χ2n) is 4.41. The molecule has 1 unspecified atom stereocenters. The lowest BCUT2D eigenvalue weighted by molar-refractivity contribution is -0.144. The molecule has 1 aromatic rings. The number of carbonyl (C=O) groups is 1. The van der Waals surface area contributed by atoms with Crippen molar-refractivity contribution in [3.63, 3.8) is 0 Å². The van der Waals surface area contributed by atoms with Gasteiger partial charge in [-0.25, -0.2) is 0 Å². The van der Waals surface area contributed by atoms with Crippen LogP contribution in [0.5, 0.6) is 0 Å². The first-order valence-corrected chi connectivity index (χ1v) is 7.63. The number of rotatable bonds is 7. The van der Waals surface area contributed by atoms with Crippen molar-refractivity contribution in [2.75, 3.05) is 12.8 Å². The Balaban J connectivity index is 2.47. The first-order chi connectivity index (χ1) is 8.89. The fourth-order valence-electron chi connectivity index (χ4n) is 1.53. The lowest BCUT2D eigenvalue weighted by atomic mass is 9.97. The molecule has 0 aromatic heterocycles. The molecule has 6 heteroatoms. The summed E-state index contributed by atoms with van der Waals surface area (Å²) in [5.41, 5.74) is -0.876. The Labute approximate surface area is 127 Å². The molecule has 0 saturated heterocycles. The highest BCUT2D eigenvalue weighted by molar-refractivity contribution is 7.99. The normalized spacial score (nSPS) is 14.1. The number of carboxylic acids is 1. The fraction of sp³-hybridized carbons (Fsp3) is 0.462. The minimum Gasteiger partial charge on any atom is -0.480 e. The molecule has 0 fully saturated rings. The van der Waals surface area contributed by atoms with E-state index >= 15 is 0 Å². The standard InChI is InChI=1S/C13H17Cl2NO2S/c1-13(16-2,12(17)18)6-3-7-19-11-8-9(14)4-5-10(11)15/h4-5,8,16H,3,6-7H2,1-2H3,(H,17,18). The molecule has 0 amide bonds. The Morgan fingerprint density at radius 1 is 1.47 bits per heavy atom. The number of benzene rings is 1. The van der Waals surface area contributed by atoms with Gasteiger partial charge < -0.3 is 10.4 Å². The number of aliphatic carboxylic acids is 1. The van der Waals surface area contributed by atoms with E-state index in [1.54, 1.807) is 37.9 Å². The summed E-state index contributed by atoms with van der Waals surface area (Å²) in [4.78, 5) is 12.0. The summed E-state index contributed by atoms with van der Waals surface area (Å²) in [5, 5.41) is 13.3. The molecule has 0 bridgehead atoms. The average Bonchev–Trinajstić information content (AvgIpc) is 2.38. The zero-order valence-corrected chi connectivity index (χ0v) is 13.2. The lowest BCUT2D eigenvalue weighted by Crippen LogP contribution is -2.47. The maximum Gasteiger partial charge on any atom is 0.323 e. The highest BCUT2D eigenvalue weighted by Crippen LogP contribution is 2.30. The van der Waals surface area contributed by atoms with Crippen molar-refractivity contribution in [3.8, 4) is 0 Å². The third kappa shape index (κ3) is 4.88. The predicted molar refractivity (Wildman–Crippen MR) is 81.5 cm³/mol. The van der Waals surface area contributed by atoms with E-state index in [2.05, 4.69) is 5.32 Å². The summed E-state index contributed by atoms with van der Waals surface area (Å²) >= 11 is 13.6. The molecule has 1 rings (SSSR count). The highest BCUT2D eigenvalue weighted by Gasteiger charge is 2.30. The number of halogens is 2. The van der Waals surface area contributed by atoms with E-state index in [0.29, 0.717) is 16.5 Å². The molecule has 0 aliphatic carbocycles. The van der Waals surface area contributed by atoms with Gasteiger partial charge in [-0.15, -0.1) is 11.8 Å². The topological polar surface area (TPSA) is 49.3 Å². The van der Waals surface area contributed by atoms with E-state index < -0.39 is 11.5 Å². The minimum absolute atomic E-state index is 0.560. The van der Waals surface area contributed by atoms with Crippen LogP contribution in [0.15, 0.2) is 23.1 Å². The Morgan fingerprint density at radius 3 is 2.74 bits per heavy atom. The monoisotopic (exact) mass is 321 g/mol. The van der Waals surface area contributed by atoms with Crippen molar-refractivity contribution in [1.29, 1.82) is 0 Å². The summed E-state index contributed by atoms with van der Waals surface area (Å²) < 4.78 is 0. The van der Waals surface area contributed by atoms with Crippen LogP contribution < -0.4 is 5.32 Å². The average molecular weight is 322 g/mol. The lowest BCUT2D eigenvalue weighted by Gasteiger charge is -2.23. The van der Waals surface area contributed by atoms with Crippen molar-refractivity contribution in [1.82, 2.24) is 5.32 Å². The van der Waals surface area contributed by atoms with Gasteiger partial charge in [-0.3, -0.25) is 4.79 Å². The van der Waals surface area contributed by atoms with Gasteiger partial charge >= 0.3 is 5.97 Å². The van der Waals surface area contributed by atoms with Gasteiger partial charge in [0.05, 0.1) is 5.02 Å². The van der Waals surface area contributed by atoms with E-state index in [9.17, 15) is 4.79 Å². The number of nitrogens with one attached hydrogen (secondary N) is 1. The quantitative estimate of drug-likeness (QED) is 0.590. The van der Waals surface area contributed by atoms with Crippen LogP contribution in [0.25, 0.3) is 0 Å². The van der Waals surface area contributed by atoms with Crippen molar-refractivity contribution < 1.29 is 9.90 Å². The van der Waals surface area contributed by atoms with Crippen LogP contribution in [-0.4, -0.2) is 29.4 Å². The van der Waals surface area contributed by atoms with Gasteiger partial charge in [0.1, 0.15) is 5.54 Å². The number of thioether (sulfide) groups is 1. The molecule has 0 saturated carbocycles. The summed E-state index contributed by atoms with van der Waals surface area (Å²) in [6, 6.07) is 5.33. The smallest absolute Gasteiger partial charge is 0.323 e. The van der Waals surface area contributed by atoms with Gasteiger partial charge in [-0.05, 0) is 50.8 Å². The molecule has 0 heterocycles. The van der Waals surface area contributed by atoms with Crippen LogP contribution in [0.2, 0.25) is 10.0 Å². The maximum atomic E-state index is 11.1.